The first kappa shape index (κ1) is 25.2. The number of carbonyl (C=O) groups is 3. The SMILES string of the molecule is CNC(C)C(=O)NC(C(=O)N1CCC[C@@H]1C(=O)Nc1snnc1-c1ccccc1)C1CCCCC1. The Morgan fingerprint density at radius 3 is 2.51 bits per heavy atom. The van der Waals surface area contributed by atoms with E-state index in [1.807, 2.05) is 30.3 Å². The summed E-state index contributed by atoms with van der Waals surface area (Å²) in [6.07, 6.45) is 6.40. The minimum absolute atomic E-state index is 0.0870. The van der Waals surface area contributed by atoms with Crippen LogP contribution in [-0.4, -0.2) is 63.9 Å². The van der Waals surface area contributed by atoms with E-state index in [-0.39, 0.29) is 23.6 Å². The molecule has 3 atom stereocenters. The van der Waals surface area contributed by atoms with Gasteiger partial charge in [0.1, 0.15) is 22.8 Å². The van der Waals surface area contributed by atoms with E-state index in [1.165, 1.54) is 0 Å². The van der Waals surface area contributed by atoms with Crippen molar-refractivity contribution >= 4 is 34.3 Å². The fraction of sp³-hybridized carbons (Fsp3) is 0.560. The molecule has 1 aromatic carbocycles. The lowest BCUT2D eigenvalue weighted by Crippen LogP contribution is -2.57. The van der Waals surface area contributed by atoms with E-state index < -0.39 is 18.1 Å². The molecule has 1 saturated heterocycles. The van der Waals surface area contributed by atoms with E-state index in [9.17, 15) is 14.4 Å². The number of nitrogens with one attached hydrogen (secondary N) is 3. The number of likely N-dealkylation sites (tertiary alicyclic amines) is 1. The lowest BCUT2D eigenvalue weighted by Gasteiger charge is -2.35. The Labute approximate surface area is 210 Å². The average molecular weight is 499 g/mol. The van der Waals surface area contributed by atoms with E-state index in [1.54, 1.807) is 18.9 Å². The van der Waals surface area contributed by atoms with E-state index in [2.05, 4.69) is 25.5 Å². The highest BCUT2D eigenvalue weighted by Gasteiger charge is 2.41. The topological polar surface area (TPSA) is 116 Å². The van der Waals surface area contributed by atoms with Crippen LogP contribution in [0.25, 0.3) is 11.3 Å². The first-order valence-electron chi connectivity index (χ1n) is 12.5. The molecule has 1 aromatic heterocycles. The summed E-state index contributed by atoms with van der Waals surface area (Å²) in [5.41, 5.74) is 1.49. The normalized spacial score (nSPS) is 20.3. The second-order valence-electron chi connectivity index (χ2n) is 9.39. The number of amides is 3. The van der Waals surface area contributed by atoms with Gasteiger partial charge >= 0.3 is 0 Å². The maximum Gasteiger partial charge on any atom is 0.247 e. The summed E-state index contributed by atoms with van der Waals surface area (Å²) in [5, 5.41) is 13.7. The molecule has 2 unspecified atom stereocenters. The van der Waals surface area contributed by atoms with Crippen molar-refractivity contribution in [2.24, 2.45) is 5.92 Å². The molecule has 0 radical (unpaired) electrons. The highest BCUT2D eigenvalue weighted by atomic mass is 32.1. The summed E-state index contributed by atoms with van der Waals surface area (Å²) in [7, 11) is 1.72. The maximum absolute atomic E-state index is 13.8. The molecule has 2 heterocycles. The average Bonchev–Trinajstić information content (AvgIpc) is 3.57. The van der Waals surface area contributed by atoms with Crippen molar-refractivity contribution in [3.8, 4) is 11.3 Å². The molecule has 0 spiro atoms. The number of hydrogen-bond donors (Lipinski definition) is 3. The molecular weight excluding hydrogens is 464 g/mol. The number of anilines is 1. The minimum atomic E-state index is -0.614. The van der Waals surface area contributed by atoms with Crippen LogP contribution in [0.15, 0.2) is 30.3 Å². The van der Waals surface area contributed by atoms with Crippen LogP contribution in [0.3, 0.4) is 0 Å². The Hall–Kier alpha value is -2.85. The molecule has 1 aliphatic heterocycles. The van der Waals surface area contributed by atoms with Crippen LogP contribution in [0.1, 0.15) is 51.9 Å². The molecule has 188 valence electrons. The predicted molar refractivity (Wildman–Crippen MR) is 136 cm³/mol. The molecule has 9 nitrogen and oxygen atoms in total. The summed E-state index contributed by atoms with van der Waals surface area (Å²) in [6.45, 7) is 2.28. The zero-order valence-corrected chi connectivity index (χ0v) is 21.1. The second kappa shape index (κ2) is 11.7. The van der Waals surface area contributed by atoms with Gasteiger partial charge in [-0.25, -0.2) is 0 Å². The molecule has 4 rings (SSSR count). The number of nitrogens with zero attached hydrogens (tertiary/aromatic N) is 3. The van der Waals surface area contributed by atoms with Crippen molar-refractivity contribution < 1.29 is 14.4 Å². The van der Waals surface area contributed by atoms with Crippen molar-refractivity contribution in [3.05, 3.63) is 30.3 Å². The molecule has 3 N–H and O–H groups in total. The largest absolute Gasteiger partial charge is 0.343 e. The van der Waals surface area contributed by atoms with Gasteiger partial charge in [-0.1, -0.05) is 54.1 Å². The first-order valence-corrected chi connectivity index (χ1v) is 13.2. The summed E-state index contributed by atoms with van der Waals surface area (Å²) in [6, 6.07) is 7.97. The van der Waals surface area contributed by atoms with Crippen LogP contribution in [0.2, 0.25) is 0 Å². The molecule has 2 fully saturated rings. The first-order chi connectivity index (χ1) is 17.0. The van der Waals surface area contributed by atoms with Gasteiger partial charge < -0.3 is 20.9 Å². The van der Waals surface area contributed by atoms with Gasteiger partial charge in [0.05, 0.1) is 6.04 Å². The summed E-state index contributed by atoms with van der Waals surface area (Å²) in [5.74, 6) is -0.503. The Morgan fingerprint density at radius 2 is 1.80 bits per heavy atom. The third-order valence-electron chi connectivity index (χ3n) is 7.12. The van der Waals surface area contributed by atoms with Crippen molar-refractivity contribution in [1.29, 1.82) is 0 Å². The van der Waals surface area contributed by atoms with Gasteiger partial charge in [-0.3, -0.25) is 14.4 Å². The van der Waals surface area contributed by atoms with Crippen molar-refractivity contribution in [2.45, 2.75) is 70.0 Å². The Bertz CT molecular complexity index is 1020. The van der Waals surface area contributed by atoms with E-state index in [4.69, 9.17) is 0 Å². The third-order valence-corrected chi connectivity index (χ3v) is 7.76. The zero-order chi connectivity index (χ0) is 24.8. The molecule has 1 saturated carbocycles. The Morgan fingerprint density at radius 1 is 1.06 bits per heavy atom. The molecular formula is C25H34N6O3S. The fourth-order valence-corrected chi connectivity index (χ4v) is 5.59. The molecule has 35 heavy (non-hydrogen) atoms. The minimum Gasteiger partial charge on any atom is -0.343 e. The van der Waals surface area contributed by atoms with Gasteiger partial charge in [-0.15, -0.1) is 5.10 Å². The molecule has 1 aliphatic carbocycles. The molecule has 0 bridgehead atoms. The predicted octanol–water partition coefficient (Wildman–Crippen LogP) is 2.81. The van der Waals surface area contributed by atoms with Crippen LogP contribution < -0.4 is 16.0 Å². The number of aromatic nitrogens is 2. The van der Waals surface area contributed by atoms with Crippen LogP contribution in [0.4, 0.5) is 5.00 Å². The summed E-state index contributed by atoms with van der Waals surface area (Å²) in [4.78, 5) is 41.5. The third kappa shape index (κ3) is 5.87. The van der Waals surface area contributed by atoms with Gasteiger partial charge in [0.15, 0.2) is 0 Å². The molecule has 2 aromatic rings. The monoisotopic (exact) mass is 498 g/mol. The van der Waals surface area contributed by atoms with E-state index in [0.29, 0.717) is 23.7 Å². The van der Waals surface area contributed by atoms with Gasteiger partial charge in [0, 0.05) is 23.6 Å². The number of benzene rings is 1. The van der Waals surface area contributed by atoms with Crippen LogP contribution in [-0.2, 0) is 14.4 Å². The number of rotatable bonds is 8. The Kier molecular flexibility index (Phi) is 8.46. The smallest absolute Gasteiger partial charge is 0.247 e. The summed E-state index contributed by atoms with van der Waals surface area (Å²) < 4.78 is 4.02. The van der Waals surface area contributed by atoms with Crippen molar-refractivity contribution in [3.63, 3.8) is 0 Å². The molecule has 3 amide bonds. The standard InChI is InChI=1S/C25H34N6O3S/c1-16(26-2)22(32)27-21(18-12-7-4-8-13-18)25(34)31-15-9-14-19(31)23(33)28-24-20(29-30-35-24)17-10-5-3-6-11-17/h3,5-6,10-11,16,18-19,21,26H,4,7-9,12-15H2,1-2H3,(H,27,32)(H,28,33)/t16?,19-,21?/m1/s1. The maximum atomic E-state index is 13.8. The zero-order valence-electron chi connectivity index (χ0n) is 20.3. The van der Waals surface area contributed by atoms with Gasteiger partial charge in [0.25, 0.3) is 0 Å². The van der Waals surface area contributed by atoms with Gasteiger partial charge in [-0.05, 0) is 45.6 Å². The lowest BCUT2D eigenvalue weighted by molar-refractivity contribution is -0.142. The highest BCUT2D eigenvalue weighted by molar-refractivity contribution is 7.10. The number of hydrogen-bond acceptors (Lipinski definition) is 7. The highest BCUT2D eigenvalue weighted by Crippen LogP contribution is 2.31. The lowest BCUT2D eigenvalue weighted by atomic mass is 9.83. The van der Waals surface area contributed by atoms with E-state index in [0.717, 1.165) is 55.6 Å². The van der Waals surface area contributed by atoms with Crippen LogP contribution in [0.5, 0.6) is 0 Å². The number of likely N-dealkylation sites (N-methyl/N-ethyl adjacent to an activating group) is 1. The quantitative estimate of drug-likeness (QED) is 0.515. The van der Waals surface area contributed by atoms with Crippen molar-refractivity contribution in [1.82, 2.24) is 25.1 Å². The van der Waals surface area contributed by atoms with E-state index >= 15 is 0 Å². The van der Waals surface area contributed by atoms with Crippen LogP contribution >= 0.6 is 11.5 Å². The van der Waals surface area contributed by atoms with Gasteiger partial charge in [-0.2, -0.15) is 0 Å². The van der Waals surface area contributed by atoms with Crippen molar-refractivity contribution in [2.75, 3.05) is 18.9 Å². The fourth-order valence-electron chi connectivity index (χ4n) is 4.99. The second-order valence-corrected chi connectivity index (χ2v) is 10.1. The van der Waals surface area contributed by atoms with Gasteiger partial charge in [0.2, 0.25) is 17.7 Å². The number of carbonyl (C=O) groups excluding carboxylic acids is 3. The molecule has 2 aliphatic rings. The summed E-state index contributed by atoms with van der Waals surface area (Å²) >= 11 is 1.12. The molecule has 10 heteroatoms. The Balaban J connectivity index is 1.50. The van der Waals surface area contributed by atoms with Crippen LogP contribution in [0, 0.1) is 5.92 Å².